The molecule has 2 heterocycles. The molecule has 0 aliphatic rings. The summed E-state index contributed by atoms with van der Waals surface area (Å²) in [5, 5.41) is 9.30. The molecule has 0 saturated carbocycles. The van der Waals surface area contributed by atoms with E-state index in [0.717, 1.165) is 29.5 Å². The molecule has 1 amide bonds. The van der Waals surface area contributed by atoms with Gasteiger partial charge in [-0.25, -0.2) is 9.67 Å². The van der Waals surface area contributed by atoms with Gasteiger partial charge in [0, 0.05) is 17.0 Å². The number of unbranched alkanes of at least 4 members (excludes halogenated alkanes) is 2. The third-order valence-corrected chi connectivity index (χ3v) is 5.80. The lowest BCUT2D eigenvalue weighted by molar-refractivity contribution is 0.102. The number of benzene rings is 2. The number of carbonyl (C=O) groups excluding carboxylic acids is 1. The van der Waals surface area contributed by atoms with Gasteiger partial charge < -0.3 is 0 Å². The van der Waals surface area contributed by atoms with Crippen molar-refractivity contribution in [1.29, 1.82) is 0 Å². The molecular weight excluding hydrogens is 408 g/mol. The van der Waals surface area contributed by atoms with Crippen molar-refractivity contribution in [3.05, 3.63) is 63.5 Å². The van der Waals surface area contributed by atoms with Gasteiger partial charge in [-0.05, 0) is 30.7 Å². The Kier molecular flexibility index (Phi) is 5.60. The van der Waals surface area contributed by atoms with Gasteiger partial charge in [-0.3, -0.25) is 14.9 Å². The van der Waals surface area contributed by atoms with Crippen LogP contribution in [0.5, 0.6) is 0 Å². The SMILES string of the molecule is CCCCCn1nc(C(=O)Nc2nc3ccc(Cl)cc3s2)c2ccccc2c1=O. The number of hydrogen-bond donors (Lipinski definition) is 1. The average Bonchev–Trinajstić information content (AvgIpc) is 3.11. The first-order valence-corrected chi connectivity index (χ1v) is 10.6. The highest BCUT2D eigenvalue weighted by Crippen LogP contribution is 2.28. The van der Waals surface area contributed by atoms with E-state index < -0.39 is 5.91 Å². The maximum atomic E-state index is 13.0. The van der Waals surface area contributed by atoms with Gasteiger partial charge in [-0.2, -0.15) is 5.10 Å². The summed E-state index contributed by atoms with van der Waals surface area (Å²) in [5.41, 5.74) is 0.800. The summed E-state index contributed by atoms with van der Waals surface area (Å²) in [7, 11) is 0. The fraction of sp³-hybridized carbons (Fsp3) is 0.238. The zero-order chi connectivity index (χ0) is 20.4. The molecule has 2 aromatic carbocycles. The fourth-order valence-corrected chi connectivity index (χ4v) is 4.31. The normalized spacial score (nSPS) is 11.2. The Balaban J connectivity index is 1.71. The van der Waals surface area contributed by atoms with Crippen molar-refractivity contribution in [2.45, 2.75) is 32.7 Å². The zero-order valence-corrected chi connectivity index (χ0v) is 17.4. The van der Waals surface area contributed by atoms with Crippen molar-refractivity contribution in [2.75, 3.05) is 5.32 Å². The molecular formula is C21H19ClN4O2S. The van der Waals surface area contributed by atoms with E-state index in [1.54, 1.807) is 30.3 Å². The summed E-state index contributed by atoms with van der Waals surface area (Å²) in [6.45, 7) is 2.58. The second-order valence-corrected chi connectivity index (χ2v) is 8.18. The monoisotopic (exact) mass is 426 g/mol. The number of hydrogen-bond acceptors (Lipinski definition) is 5. The van der Waals surface area contributed by atoms with E-state index in [9.17, 15) is 9.59 Å². The highest BCUT2D eigenvalue weighted by Gasteiger charge is 2.18. The van der Waals surface area contributed by atoms with Crippen LogP contribution in [0.4, 0.5) is 5.13 Å². The molecule has 2 aromatic heterocycles. The van der Waals surface area contributed by atoms with Crippen molar-refractivity contribution in [2.24, 2.45) is 0 Å². The number of nitrogens with one attached hydrogen (secondary N) is 1. The lowest BCUT2D eigenvalue weighted by Gasteiger charge is -2.10. The lowest BCUT2D eigenvalue weighted by Crippen LogP contribution is -2.27. The minimum Gasteiger partial charge on any atom is -0.296 e. The third kappa shape index (κ3) is 4.02. The Labute approximate surface area is 176 Å². The quantitative estimate of drug-likeness (QED) is 0.435. The lowest BCUT2D eigenvalue weighted by atomic mass is 10.1. The highest BCUT2D eigenvalue weighted by molar-refractivity contribution is 7.22. The third-order valence-electron chi connectivity index (χ3n) is 4.63. The van der Waals surface area contributed by atoms with Gasteiger partial charge in [0.2, 0.25) is 0 Å². The second-order valence-electron chi connectivity index (χ2n) is 6.71. The van der Waals surface area contributed by atoms with E-state index in [-0.39, 0.29) is 11.3 Å². The van der Waals surface area contributed by atoms with Crippen molar-refractivity contribution < 1.29 is 4.79 Å². The van der Waals surface area contributed by atoms with Crippen molar-refractivity contribution in [3.63, 3.8) is 0 Å². The highest BCUT2D eigenvalue weighted by atomic mass is 35.5. The van der Waals surface area contributed by atoms with Crippen LogP contribution >= 0.6 is 22.9 Å². The fourth-order valence-electron chi connectivity index (χ4n) is 3.17. The van der Waals surface area contributed by atoms with Crippen LogP contribution in [0.3, 0.4) is 0 Å². The molecule has 8 heteroatoms. The van der Waals surface area contributed by atoms with Crippen LogP contribution in [0.1, 0.15) is 36.7 Å². The van der Waals surface area contributed by atoms with Crippen LogP contribution in [0.2, 0.25) is 5.02 Å². The number of halogens is 1. The Morgan fingerprint density at radius 3 is 2.76 bits per heavy atom. The summed E-state index contributed by atoms with van der Waals surface area (Å²) < 4.78 is 2.28. The van der Waals surface area contributed by atoms with Crippen LogP contribution in [-0.4, -0.2) is 20.7 Å². The predicted molar refractivity (Wildman–Crippen MR) is 118 cm³/mol. The van der Waals surface area contributed by atoms with Crippen LogP contribution < -0.4 is 10.9 Å². The van der Waals surface area contributed by atoms with Crippen LogP contribution in [0.15, 0.2) is 47.3 Å². The van der Waals surface area contributed by atoms with Gasteiger partial charge in [0.1, 0.15) is 0 Å². The van der Waals surface area contributed by atoms with E-state index in [1.165, 1.54) is 16.0 Å². The Morgan fingerprint density at radius 1 is 1.17 bits per heavy atom. The van der Waals surface area contributed by atoms with Crippen molar-refractivity contribution in [1.82, 2.24) is 14.8 Å². The van der Waals surface area contributed by atoms with Gasteiger partial charge in [-0.15, -0.1) is 0 Å². The number of amides is 1. The van der Waals surface area contributed by atoms with Gasteiger partial charge in [0.05, 0.1) is 15.6 Å². The zero-order valence-electron chi connectivity index (χ0n) is 15.8. The van der Waals surface area contributed by atoms with Gasteiger partial charge in [-0.1, -0.05) is 60.9 Å². The van der Waals surface area contributed by atoms with E-state index in [1.807, 2.05) is 12.1 Å². The number of carbonyl (C=O) groups is 1. The summed E-state index contributed by atoms with van der Waals surface area (Å²) >= 11 is 7.37. The predicted octanol–water partition coefficient (Wildman–Crippen LogP) is 5.10. The summed E-state index contributed by atoms with van der Waals surface area (Å²) in [6, 6.07) is 12.4. The average molecular weight is 427 g/mol. The first-order chi connectivity index (χ1) is 14.1. The Bertz CT molecular complexity index is 1260. The summed E-state index contributed by atoms with van der Waals surface area (Å²) in [5.74, 6) is -0.393. The number of aromatic nitrogens is 3. The maximum absolute atomic E-state index is 13.0. The smallest absolute Gasteiger partial charge is 0.278 e. The van der Waals surface area contributed by atoms with E-state index in [0.29, 0.717) is 27.5 Å². The van der Waals surface area contributed by atoms with E-state index in [2.05, 4.69) is 22.3 Å². The maximum Gasteiger partial charge on any atom is 0.278 e. The molecule has 0 atom stereocenters. The number of anilines is 1. The van der Waals surface area contributed by atoms with Gasteiger partial charge in [0.15, 0.2) is 10.8 Å². The molecule has 0 spiro atoms. The first kappa shape index (κ1) is 19.5. The number of fused-ring (bicyclic) bond motifs is 2. The summed E-state index contributed by atoms with van der Waals surface area (Å²) in [4.78, 5) is 30.2. The molecule has 0 saturated heterocycles. The minimum atomic E-state index is -0.393. The van der Waals surface area contributed by atoms with Crippen molar-refractivity contribution >= 4 is 55.0 Å². The molecule has 6 nitrogen and oxygen atoms in total. The van der Waals surface area contributed by atoms with Crippen LogP contribution in [0.25, 0.3) is 21.0 Å². The molecule has 0 radical (unpaired) electrons. The topological polar surface area (TPSA) is 76.9 Å². The summed E-state index contributed by atoms with van der Waals surface area (Å²) in [6.07, 6.45) is 2.87. The molecule has 0 aliphatic carbocycles. The number of rotatable bonds is 6. The van der Waals surface area contributed by atoms with E-state index in [4.69, 9.17) is 11.6 Å². The molecule has 1 N–H and O–H groups in total. The molecule has 0 fully saturated rings. The Hall–Kier alpha value is -2.77. The van der Waals surface area contributed by atoms with Gasteiger partial charge in [0.25, 0.3) is 11.5 Å². The molecule has 4 aromatic rings. The van der Waals surface area contributed by atoms with E-state index >= 15 is 0 Å². The molecule has 0 aliphatic heterocycles. The largest absolute Gasteiger partial charge is 0.296 e. The van der Waals surface area contributed by atoms with Crippen molar-refractivity contribution in [3.8, 4) is 0 Å². The number of thiazole rings is 1. The second kappa shape index (κ2) is 8.31. The first-order valence-electron chi connectivity index (χ1n) is 9.44. The molecule has 0 bridgehead atoms. The van der Waals surface area contributed by atoms with Gasteiger partial charge >= 0.3 is 0 Å². The Morgan fingerprint density at radius 2 is 1.97 bits per heavy atom. The number of nitrogens with zero attached hydrogens (tertiary/aromatic N) is 3. The van der Waals surface area contributed by atoms with Crippen LogP contribution in [0, 0.1) is 0 Å². The standard InChI is InChI=1S/C21H19ClN4O2S/c1-2-3-6-11-26-20(28)15-8-5-4-7-14(15)18(25-26)19(27)24-21-23-16-10-9-13(22)12-17(16)29-21/h4-5,7-10,12H,2-3,6,11H2,1H3,(H,23,24,27). The molecule has 148 valence electrons. The molecule has 29 heavy (non-hydrogen) atoms. The minimum absolute atomic E-state index is 0.178. The molecule has 4 rings (SSSR count). The number of aryl methyl sites for hydroxylation is 1. The molecule has 0 unspecified atom stereocenters. The van der Waals surface area contributed by atoms with Crippen LogP contribution in [-0.2, 0) is 6.54 Å².